The Morgan fingerprint density at radius 2 is 2.07 bits per heavy atom. The maximum Gasteiger partial charge on any atom is 0.272 e. The number of fused-ring (bicyclic) bond motifs is 1. The first-order valence-electron chi connectivity index (χ1n) is 10.0. The molecule has 1 aromatic carbocycles. The second kappa shape index (κ2) is 8.14. The Labute approximate surface area is 165 Å². The van der Waals surface area contributed by atoms with E-state index in [1.54, 1.807) is 4.90 Å². The number of nitrogens with one attached hydrogen (secondary N) is 1. The number of carbonyl (C=O) groups excluding carboxylic acids is 2. The van der Waals surface area contributed by atoms with Gasteiger partial charge in [-0.2, -0.15) is 5.10 Å². The summed E-state index contributed by atoms with van der Waals surface area (Å²) in [6, 6.07) is 12.2. The minimum atomic E-state index is -0.189. The fraction of sp³-hybridized carbons (Fsp3) is 0.476. The monoisotopic (exact) mass is 381 g/mol. The van der Waals surface area contributed by atoms with Crippen LogP contribution in [0.25, 0.3) is 0 Å². The molecule has 1 aromatic heterocycles. The van der Waals surface area contributed by atoms with Crippen LogP contribution in [0.2, 0.25) is 0 Å². The van der Waals surface area contributed by atoms with Crippen LogP contribution in [0.1, 0.15) is 41.5 Å². The Bertz CT molecular complexity index is 848. The van der Waals surface area contributed by atoms with Gasteiger partial charge in [0, 0.05) is 45.7 Å². The summed E-state index contributed by atoms with van der Waals surface area (Å²) >= 11 is 0. The van der Waals surface area contributed by atoms with Crippen molar-refractivity contribution in [3.63, 3.8) is 0 Å². The molecule has 2 amide bonds. The molecule has 0 spiro atoms. The number of benzene rings is 1. The number of nitrogens with zero attached hydrogens (tertiary/aromatic N) is 4. The van der Waals surface area contributed by atoms with E-state index in [0.717, 1.165) is 38.3 Å². The molecule has 1 fully saturated rings. The number of likely N-dealkylation sites (tertiary alicyclic amines) is 1. The van der Waals surface area contributed by atoms with Crippen molar-refractivity contribution in [3.8, 4) is 0 Å². The van der Waals surface area contributed by atoms with E-state index in [2.05, 4.69) is 39.6 Å². The first kappa shape index (κ1) is 18.7. The van der Waals surface area contributed by atoms with Crippen LogP contribution in [0.3, 0.4) is 0 Å². The summed E-state index contributed by atoms with van der Waals surface area (Å²) in [7, 11) is 0. The number of aryl methyl sites for hydroxylation is 1. The minimum absolute atomic E-state index is 0.102. The first-order chi connectivity index (χ1) is 13.6. The second-order valence-electron chi connectivity index (χ2n) is 7.60. The number of aromatic nitrogens is 2. The highest BCUT2D eigenvalue weighted by atomic mass is 16.2. The van der Waals surface area contributed by atoms with Gasteiger partial charge >= 0.3 is 0 Å². The maximum absolute atomic E-state index is 12.6. The van der Waals surface area contributed by atoms with E-state index in [0.29, 0.717) is 25.2 Å². The predicted octanol–water partition coefficient (Wildman–Crippen LogP) is 1.64. The van der Waals surface area contributed by atoms with Crippen LogP contribution in [0.15, 0.2) is 36.4 Å². The van der Waals surface area contributed by atoms with Gasteiger partial charge in [0.1, 0.15) is 0 Å². The standard InChI is InChI=1S/C21H27N5O2/c1-2-25-14-17(11-20(25)27)22-21(28)19-12-18-15-24(9-6-10-26(18)23-19)13-16-7-4-3-5-8-16/h3-5,7-8,12,17H,2,6,9-11,13-15H2,1H3,(H,22,28)/t17-/m0/s1. The molecule has 28 heavy (non-hydrogen) atoms. The Balaban J connectivity index is 1.41. The third-order valence-corrected chi connectivity index (χ3v) is 5.51. The van der Waals surface area contributed by atoms with Crippen LogP contribution < -0.4 is 5.32 Å². The SMILES string of the molecule is CCN1C[C@@H](NC(=O)c2cc3n(n2)CCCN(Cc2ccccc2)C3)CC1=O. The van der Waals surface area contributed by atoms with Crippen molar-refractivity contribution in [1.82, 2.24) is 24.9 Å². The van der Waals surface area contributed by atoms with Crippen molar-refractivity contribution in [2.24, 2.45) is 0 Å². The normalized spacial score (nSPS) is 20.1. The smallest absolute Gasteiger partial charge is 0.272 e. The van der Waals surface area contributed by atoms with Crippen LogP contribution in [0.4, 0.5) is 0 Å². The molecule has 0 bridgehead atoms. The quantitative estimate of drug-likeness (QED) is 0.855. The molecule has 2 aliphatic rings. The minimum Gasteiger partial charge on any atom is -0.346 e. The highest BCUT2D eigenvalue weighted by Gasteiger charge is 2.30. The Kier molecular flexibility index (Phi) is 5.43. The zero-order valence-electron chi connectivity index (χ0n) is 16.3. The molecule has 148 valence electrons. The fourth-order valence-electron chi connectivity index (χ4n) is 4.05. The Hall–Kier alpha value is -2.67. The number of hydrogen-bond donors (Lipinski definition) is 1. The lowest BCUT2D eigenvalue weighted by Gasteiger charge is -2.19. The Morgan fingerprint density at radius 1 is 1.25 bits per heavy atom. The van der Waals surface area contributed by atoms with E-state index >= 15 is 0 Å². The summed E-state index contributed by atoms with van der Waals surface area (Å²) in [5, 5.41) is 7.51. The first-order valence-corrected chi connectivity index (χ1v) is 10.0. The van der Waals surface area contributed by atoms with E-state index in [1.807, 2.05) is 23.7 Å². The van der Waals surface area contributed by atoms with Crippen molar-refractivity contribution < 1.29 is 9.59 Å². The maximum atomic E-state index is 12.6. The third kappa shape index (κ3) is 4.09. The number of rotatable bonds is 5. The summed E-state index contributed by atoms with van der Waals surface area (Å²) in [5.74, 6) is -0.0871. The lowest BCUT2D eigenvalue weighted by Crippen LogP contribution is -2.37. The van der Waals surface area contributed by atoms with Crippen LogP contribution >= 0.6 is 0 Å². The van der Waals surface area contributed by atoms with Gasteiger partial charge in [-0.25, -0.2) is 0 Å². The van der Waals surface area contributed by atoms with Gasteiger partial charge in [-0.05, 0) is 25.0 Å². The molecule has 1 N–H and O–H groups in total. The van der Waals surface area contributed by atoms with Gasteiger partial charge in [0.15, 0.2) is 5.69 Å². The van der Waals surface area contributed by atoms with Crippen LogP contribution in [-0.2, 0) is 24.4 Å². The highest BCUT2D eigenvalue weighted by molar-refractivity contribution is 5.93. The number of carbonyl (C=O) groups is 2. The lowest BCUT2D eigenvalue weighted by molar-refractivity contribution is -0.127. The predicted molar refractivity (Wildman–Crippen MR) is 106 cm³/mol. The summed E-state index contributed by atoms with van der Waals surface area (Å²) in [5.41, 5.74) is 2.80. The van der Waals surface area contributed by atoms with Crippen molar-refractivity contribution >= 4 is 11.8 Å². The second-order valence-corrected chi connectivity index (χ2v) is 7.60. The van der Waals surface area contributed by atoms with Gasteiger partial charge in [0.25, 0.3) is 5.91 Å². The van der Waals surface area contributed by atoms with Crippen LogP contribution in [-0.4, -0.2) is 57.1 Å². The molecule has 7 nitrogen and oxygen atoms in total. The molecule has 1 saturated heterocycles. The molecule has 1 atom stereocenters. The van der Waals surface area contributed by atoms with Gasteiger partial charge in [-0.1, -0.05) is 30.3 Å². The van der Waals surface area contributed by atoms with Crippen molar-refractivity contribution in [2.45, 2.75) is 45.4 Å². The number of hydrogen-bond acceptors (Lipinski definition) is 4. The molecule has 3 heterocycles. The Morgan fingerprint density at radius 3 is 2.82 bits per heavy atom. The van der Waals surface area contributed by atoms with Crippen LogP contribution in [0, 0.1) is 0 Å². The third-order valence-electron chi connectivity index (χ3n) is 5.51. The molecule has 0 radical (unpaired) electrons. The fourth-order valence-corrected chi connectivity index (χ4v) is 4.05. The molecule has 2 aliphatic heterocycles. The van der Waals surface area contributed by atoms with E-state index in [-0.39, 0.29) is 17.9 Å². The summed E-state index contributed by atoms with van der Waals surface area (Å²) < 4.78 is 1.96. The van der Waals surface area contributed by atoms with Gasteiger partial charge in [-0.15, -0.1) is 0 Å². The van der Waals surface area contributed by atoms with Gasteiger partial charge in [-0.3, -0.25) is 19.2 Å². The lowest BCUT2D eigenvalue weighted by atomic mass is 10.2. The molecule has 0 aliphatic carbocycles. The van der Waals surface area contributed by atoms with Crippen molar-refractivity contribution in [3.05, 3.63) is 53.3 Å². The number of amides is 2. The van der Waals surface area contributed by atoms with Crippen LogP contribution in [0.5, 0.6) is 0 Å². The van der Waals surface area contributed by atoms with E-state index < -0.39 is 0 Å². The molecule has 2 aromatic rings. The molecule has 7 heteroatoms. The van der Waals surface area contributed by atoms with Gasteiger partial charge < -0.3 is 10.2 Å². The zero-order valence-corrected chi connectivity index (χ0v) is 16.3. The van der Waals surface area contributed by atoms with Crippen molar-refractivity contribution in [2.75, 3.05) is 19.6 Å². The average molecular weight is 381 g/mol. The van der Waals surface area contributed by atoms with Gasteiger partial charge in [0.05, 0.1) is 11.7 Å². The summed E-state index contributed by atoms with van der Waals surface area (Å²) in [4.78, 5) is 28.7. The highest BCUT2D eigenvalue weighted by Crippen LogP contribution is 2.17. The summed E-state index contributed by atoms with van der Waals surface area (Å²) in [6.07, 6.45) is 1.38. The van der Waals surface area contributed by atoms with E-state index in [9.17, 15) is 9.59 Å². The largest absolute Gasteiger partial charge is 0.346 e. The molecular formula is C21H27N5O2. The number of likely N-dealkylation sites (N-methyl/N-ethyl adjacent to an activating group) is 1. The molecule has 0 saturated carbocycles. The zero-order chi connectivity index (χ0) is 19.5. The average Bonchev–Trinajstić information content (AvgIpc) is 3.20. The molecule has 0 unspecified atom stereocenters. The topological polar surface area (TPSA) is 70.5 Å². The molecular weight excluding hydrogens is 354 g/mol. The summed E-state index contributed by atoms with van der Waals surface area (Å²) in [6.45, 7) is 6.72. The van der Waals surface area contributed by atoms with Gasteiger partial charge in [0.2, 0.25) is 5.91 Å². The van der Waals surface area contributed by atoms with E-state index in [1.165, 1.54) is 5.56 Å². The van der Waals surface area contributed by atoms with Crippen molar-refractivity contribution in [1.29, 1.82) is 0 Å². The molecule has 4 rings (SSSR count). The van der Waals surface area contributed by atoms with E-state index in [4.69, 9.17) is 0 Å².